The zero-order valence-electron chi connectivity index (χ0n) is 11.0. The minimum Gasteiger partial charge on any atom is -0.454 e. The number of hydrogen-bond acceptors (Lipinski definition) is 3. The van der Waals surface area contributed by atoms with Gasteiger partial charge in [-0.3, -0.25) is 4.79 Å². The fourth-order valence-electron chi connectivity index (χ4n) is 2.39. The number of aromatic nitrogens is 1. The van der Waals surface area contributed by atoms with Crippen LogP contribution in [0.3, 0.4) is 0 Å². The van der Waals surface area contributed by atoms with Crippen molar-refractivity contribution in [2.24, 2.45) is 0 Å². The van der Waals surface area contributed by atoms with Gasteiger partial charge in [0.25, 0.3) is 5.56 Å². The summed E-state index contributed by atoms with van der Waals surface area (Å²) in [6.45, 7) is 2.41. The van der Waals surface area contributed by atoms with Crippen LogP contribution in [0.4, 0.5) is 0 Å². The van der Waals surface area contributed by atoms with Crippen LogP contribution in [0, 0.1) is 0 Å². The number of ether oxygens (including phenoxy) is 2. The number of pyridine rings is 1. The standard InChI is InChI=1S/C15H17NO3/c1-2-3-4-5-10-6-11-7-13-14(19-9-18-13)8-12(11)16-15(10)17/h6-8H,2-5,9H2,1H3,(H,16,17). The summed E-state index contributed by atoms with van der Waals surface area (Å²) in [6.07, 6.45) is 4.19. The Morgan fingerprint density at radius 1 is 1.16 bits per heavy atom. The molecule has 100 valence electrons. The monoisotopic (exact) mass is 259 g/mol. The lowest BCUT2D eigenvalue weighted by molar-refractivity contribution is 0.174. The third-order valence-corrected chi connectivity index (χ3v) is 3.46. The fraction of sp³-hybridized carbons (Fsp3) is 0.400. The molecule has 0 saturated carbocycles. The molecule has 0 bridgehead atoms. The molecule has 0 amide bonds. The molecule has 3 rings (SSSR count). The summed E-state index contributed by atoms with van der Waals surface area (Å²) in [5.74, 6) is 1.45. The van der Waals surface area contributed by atoms with E-state index >= 15 is 0 Å². The van der Waals surface area contributed by atoms with Crippen LogP contribution in [0.1, 0.15) is 31.7 Å². The van der Waals surface area contributed by atoms with Gasteiger partial charge in [0.2, 0.25) is 6.79 Å². The summed E-state index contributed by atoms with van der Waals surface area (Å²) in [7, 11) is 0. The number of rotatable bonds is 4. The summed E-state index contributed by atoms with van der Waals surface area (Å²) in [4.78, 5) is 14.9. The Labute approximate surface area is 111 Å². The summed E-state index contributed by atoms with van der Waals surface area (Å²) in [5.41, 5.74) is 1.65. The van der Waals surface area contributed by atoms with Crippen LogP contribution in [0.15, 0.2) is 23.0 Å². The van der Waals surface area contributed by atoms with E-state index in [9.17, 15) is 4.79 Å². The molecule has 0 spiro atoms. The quantitative estimate of drug-likeness (QED) is 0.859. The van der Waals surface area contributed by atoms with E-state index in [4.69, 9.17) is 9.47 Å². The summed E-state index contributed by atoms with van der Waals surface area (Å²) in [6, 6.07) is 5.72. The van der Waals surface area contributed by atoms with Crippen molar-refractivity contribution in [3.05, 3.63) is 34.1 Å². The van der Waals surface area contributed by atoms with E-state index in [1.165, 1.54) is 0 Å². The molecule has 1 aromatic carbocycles. The highest BCUT2D eigenvalue weighted by Crippen LogP contribution is 2.35. The normalized spacial score (nSPS) is 13.1. The maximum atomic E-state index is 12.0. The lowest BCUT2D eigenvalue weighted by atomic mass is 10.1. The number of nitrogens with one attached hydrogen (secondary N) is 1. The number of H-pyrrole nitrogens is 1. The van der Waals surface area contributed by atoms with Crippen molar-refractivity contribution >= 4 is 10.9 Å². The number of aryl methyl sites for hydroxylation is 1. The highest BCUT2D eigenvalue weighted by atomic mass is 16.7. The molecule has 1 aliphatic rings. The van der Waals surface area contributed by atoms with Crippen molar-refractivity contribution in [2.45, 2.75) is 32.6 Å². The van der Waals surface area contributed by atoms with Gasteiger partial charge in [-0.1, -0.05) is 19.8 Å². The van der Waals surface area contributed by atoms with Crippen LogP contribution < -0.4 is 15.0 Å². The summed E-state index contributed by atoms with van der Waals surface area (Å²) >= 11 is 0. The van der Waals surface area contributed by atoms with Crippen molar-refractivity contribution in [2.75, 3.05) is 6.79 Å². The van der Waals surface area contributed by atoms with Crippen molar-refractivity contribution in [1.82, 2.24) is 4.98 Å². The zero-order valence-corrected chi connectivity index (χ0v) is 11.0. The second-order valence-corrected chi connectivity index (χ2v) is 4.87. The molecule has 2 heterocycles. The number of benzene rings is 1. The number of aromatic amines is 1. The molecular formula is C15H17NO3. The smallest absolute Gasteiger partial charge is 0.251 e. The molecule has 4 nitrogen and oxygen atoms in total. The number of unbranched alkanes of at least 4 members (excludes halogenated alkanes) is 2. The third-order valence-electron chi connectivity index (χ3n) is 3.46. The molecule has 0 aliphatic carbocycles. The molecule has 0 unspecified atom stereocenters. The summed E-state index contributed by atoms with van der Waals surface area (Å²) in [5, 5.41) is 0.996. The first-order valence-corrected chi connectivity index (χ1v) is 6.73. The number of hydrogen-bond donors (Lipinski definition) is 1. The first kappa shape index (κ1) is 12.1. The average molecular weight is 259 g/mol. The van der Waals surface area contributed by atoms with Crippen molar-refractivity contribution in [3.8, 4) is 11.5 Å². The molecular weight excluding hydrogens is 242 g/mol. The highest BCUT2D eigenvalue weighted by Gasteiger charge is 2.15. The molecule has 1 aliphatic heterocycles. The van der Waals surface area contributed by atoms with Gasteiger partial charge in [0.1, 0.15) is 0 Å². The first-order valence-electron chi connectivity index (χ1n) is 6.73. The molecule has 19 heavy (non-hydrogen) atoms. The predicted octanol–water partition coefficient (Wildman–Crippen LogP) is 2.99. The van der Waals surface area contributed by atoms with E-state index in [0.717, 1.165) is 47.9 Å². The topological polar surface area (TPSA) is 51.3 Å². The maximum Gasteiger partial charge on any atom is 0.251 e. The Kier molecular flexibility index (Phi) is 3.15. The van der Waals surface area contributed by atoms with Gasteiger partial charge in [-0.05, 0) is 25.0 Å². The first-order chi connectivity index (χ1) is 9.28. The molecule has 1 aromatic heterocycles. The SMILES string of the molecule is CCCCCc1cc2cc3c(cc2[nH]c1=O)OCO3. The Morgan fingerprint density at radius 3 is 2.74 bits per heavy atom. The maximum absolute atomic E-state index is 12.0. The average Bonchev–Trinajstić information content (AvgIpc) is 2.84. The molecule has 0 radical (unpaired) electrons. The van der Waals surface area contributed by atoms with Crippen molar-refractivity contribution in [1.29, 1.82) is 0 Å². The molecule has 4 heteroatoms. The lowest BCUT2D eigenvalue weighted by Crippen LogP contribution is -2.12. The van der Waals surface area contributed by atoms with Gasteiger partial charge in [-0.15, -0.1) is 0 Å². The minimum absolute atomic E-state index is 0.00229. The van der Waals surface area contributed by atoms with E-state index in [2.05, 4.69) is 11.9 Å². The van der Waals surface area contributed by atoms with Crippen molar-refractivity contribution in [3.63, 3.8) is 0 Å². The second-order valence-electron chi connectivity index (χ2n) is 4.87. The van der Waals surface area contributed by atoms with Crippen molar-refractivity contribution < 1.29 is 9.47 Å². The zero-order chi connectivity index (χ0) is 13.2. The Hall–Kier alpha value is -1.97. The van der Waals surface area contributed by atoms with Gasteiger partial charge in [0.15, 0.2) is 11.5 Å². The molecule has 1 N–H and O–H groups in total. The van der Waals surface area contributed by atoms with Gasteiger partial charge >= 0.3 is 0 Å². The predicted molar refractivity (Wildman–Crippen MR) is 73.9 cm³/mol. The van der Waals surface area contributed by atoms with Crippen LogP contribution in [0.25, 0.3) is 10.9 Å². The lowest BCUT2D eigenvalue weighted by Gasteiger charge is -2.04. The van der Waals surface area contributed by atoms with Gasteiger partial charge in [0, 0.05) is 17.0 Å². The largest absolute Gasteiger partial charge is 0.454 e. The van der Waals surface area contributed by atoms with E-state index < -0.39 is 0 Å². The van der Waals surface area contributed by atoms with Gasteiger partial charge in [-0.25, -0.2) is 0 Å². The minimum atomic E-state index is 0.00229. The molecule has 0 saturated heterocycles. The summed E-state index contributed by atoms with van der Waals surface area (Å²) < 4.78 is 10.7. The van der Waals surface area contributed by atoms with Crippen LogP contribution >= 0.6 is 0 Å². The number of fused-ring (bicyclic) bond motifs is 2. The molecule has 0 fully saturated rings. The van der Waals surface area contributed by atoms with Crippen LogP contribution in [-0.2, 0) is 6.42 Å². The molecule has 2 aromatic rings. The second kappa shape index (κ2) is 4.96. The van der Waals surface area contributed by atoms with E-state index in [1.807, 2.05) is 18.2 Å². The van der Waals surface area contributed by atoms with E-state index in [0.29, 0.717) is 5.75 Å². The van der Waals surface area contributed by atoms with Crippen LogP contribution in [0.5, 0.6) is 11.5 Å². The van der Waals surface area contributed by atoms with E-state index in [-0.39, 0.29) is 12.4 Å². The van der Waals surface area contributed by atoms with Gasteiger partial charge in [-0.2, -0.15) is 0 Å². The van der Waals surface area contributed by atoms with Gasteiger partial charge in [0.05, 0.1) is 5.52 Å². The Balaban J connectivity index is 1.99. The van der Waals surface area contributed by atoms with E-state index in [1.54, 1.807) is 0 Å². The Morgan fingerprint density at radius 2 is 1.95 bits per heavy atom. The highest BCUT2D eigenvalue weighted by molar-refractivity contribution is 5.83. The fourth-order valence-corrected chi connectivity index (χ4v) is 2.39. The van der Waals surface area contributed by atoms with Crippen LogP contribution in [0.2, 0.25) is 0 Å². The molecule has 0 atom stereocenters. The Bertz CT molecular complexity index is 660. The third kappa shape index (κ3) is 2.30. The van der Waals surface area contributed by atoms with Gasteiger partial charge < -0.3 is 14.5 Å². The van der Waals surface area contributed by atoms with Crippen LogP contribution in [-0.4, -0.2) is 11.8 Å².